The molecule has 3 aromatic rings. The van der Waals surface area contributed by atoms with Gasteiger partial charge >= 0.3 is 0 Å². The first-order chi connectivity index (χ1) is 15.2. The maximum absolute atomic E-state index is 12.8. The SMILES string of the molecule is CCCCCCCCCn1c([C@H]2CC(=O)N(c3ccc(C)cc3)C2)nc2ccccc21. The van der Waals surface area contributed by atoms with E-state index in [9.17, 15) is 4.79 Å². The fraction of sp³-hybridized carbons (Fsp3) is 0.481. The molecule has 1 aliphatic heterocycles. The molecule has 1 aromatic heterocycles. The van der Waals surface area contributed by atoms with Gasteiger partial charge in [0.15, 0.2) is 0 Å². The lowest BCUT2D eigenvalue weighted by molar-refractivity contribution is -0.117. The van der Waals surface area contributed by atoms with Crippen LogP contribution in [0.5, 0.6) is 0 Å². The quantitative estimate of drug-likeness (QED) is 0.348. The first-order valence-corrected chi connectivity index (χ1v) is 12.0. The highest BCUT2D eigenvalue weighted by molar-refractivity contribution is 5.96. The van der Waals surface area contributed by atoms with E-state index in [1.807, 2.05) is 4.90 Å². The van der Waals surface area contributed by atoms with Crippen LogP contribution in [0.3, 0.4) is 0 Å². The van der Waals surface area contributed by atoms with Crippen molar-refractivity contribution < 1.29 is 4.79 Å². The minimum atomic E-state index is 0.144. The van der Waals surface area contributed by atoms with E-state index in [2.05, 4.69) is 66.9 Å². The smallest absolute Gasteiger partial charge is 0.227 e. The van der Waals surface area contributed by atoms with Crippen LogP contribution in [0, 0.1) is 6.92 Å². The summed E-state index contributed by atoms with van der Waals surface area (Å²) >= 11 is 0. The highest BCUT2D eigenvalue weighted by Crippen LogP contribution is 2.33. The number of rotatable bonds is 10. The van der Waals surface area contributed by atoms with Gasteiger partial charge < -0.3 is 9.47 Å². The van der Waals surface area contributed by atoms with Gasteiger partial charge in [-0.3, -0.25) is 4.79 Å². The molecular formula is C27H35N3O. The number of hydrogen-bond acceptors (Lipinski definition) is 2. The number of imidazole rings is 1. The van der Waals surface area contributed by atoms with Gasteiger partial charge in [0.2, 0.25) is 5.91 Å². The van der Waals surface area contributed by atoms with Crippen molar-refractivity contribution in [1.82, 2.24) is 9.55 Å². The van der Waals surface area contributed by atoms with Crippen molar-refractivity contribution in [1.29, 1.82) is 0 Å². The number of para-hydroxylation sites is 2. The van der Waals surface area contributed by atoms with Crippen molar-refractivity contribution >= 4 is 22.6 Å². The van der Waals surface area contributed by atoms with Crippen LogP contribution >= 0.6 is 0 Å². The van der Waals surface area contributed by atoms with E-state index in [0.29, 0.717) is 13.0 Å². The first kappa shape index (κ1) is 21.6. The van der Waals surface area contributed by atoms with Crippen LogP contribution in [-0.2, 0) is 11.3 Å². The van der Waals surface area contributed by atoms with Gasteiger partial charge in [-0.1, -0.05) is 75.3 Å². The molecule has 0 unspecified atom stereocenters. The zero-order valence-corrected chi connectivity index (χ0v) is 19.0. The Morgan fingerprint density at radius 3 is 2.42 bits per heavy atom. The zero-order valence-electron chi connectivity index (χ0n) is 19.0. The number of hydrogen-bond donors (Lipinski definition) is 0. The number of carbonyl (C=O) groups excluding carboxylic acids is 1. The maximum atomic E-state index is 12.8. The van der Waals surface area contributed by atoms with E-state index >= 15 is 0 Å². The van der Waals surface area contributed by atoms with E-state index < -0.39 is 0 Å². The van der Waals surface area contributed by atoms with Crippen molar-refractivity contribution in [2.45, 2.75) is 77.7 Å². The molecule has 4 nitrogen and oxygen atoms in total. The van der Waals surface area contributed by atoms with Gasteiger partial charge in [-0.15, -0.1) is 0 Å². The van der Waals surface area contributed by atoms with Crippen LogP contribution in [0.1, 0.15) is 75.6 Å². The van der Waals surface area contributed by atoms with E-state index in [0.717, 1.165) is 23.6 Å². The summed E-state index contributed by atoms with van der Waals surface area (Å²) in [4.78, 5) is 19.8. The third kappa shape index (κ3) is 5.00. The molecule has 1 atom stereocenters. The summed E-state index contributed by atoms with van der Waals surface area (Å²) in [5, 5.41) is 0. The Labute approximate surface area is 186 Å². The summed E-state index contributed by atoms with van der Waals surface area (Å²) in [7, 11) is 0. The number of aryl methyl sites for hydroxylation is 2. The molecule has 0 spiro atoms. The second-order valence-electron chi connectivity index (χ2n) is 8.97. The van der Waals surface area contributed by atoms with Gasteiger partial charge in [-0.2, -0.15) is 0 Å². The Balaban J connectivity index is 1.49. The lowest BCUT2D eigenvalue weighted by atomic mass is 10.1. The normalized spacial score (nSPS) is 16.5. The summed E-state index contributed by atoms with van der Waals surface area (Å²) in [6.45, 7) is 6.03. The minimum Gasteiger partial charge on any atom is -0.328 e. The summed E-state index contributed by atoms with van der Waals surface area (Å²) in [5.41, 5.74) is 4.45. The molecule has 164 valence electrons. The number of unbranched alkanes of at least 4 members (excludes halogenated alkanes) is 6. The molecule has 0 bridgehead atoms. The number of aromatic nitrogens is 2. The van der Waals surface area contributed by atoms with Gasteiger partial charge in [-0.05, 0) is 37.6 Å². The molecule has 0 saturated carbocycles. The van der Waals surface area contributed by atoms with E-state index in [4.69, 9.17) is 4.98 Å². The summed E-state index contributed by atoms with van der Waals surface area (Å²) < 4.78 is 2.39. The zero-order chi connectivity index (χ0) is 21.6. The second kappa shape index (κ2) is 10.1. The largest absolute Gasteiger partial charge is 0.328 e. The van der Waals surface area contributed by atoms with Crippen molar-refractivity contribution in [2.75, 3.05) is 11.4 Å². The molecule has 31 heavy (non-hydrogen) atoms. The predicted molar refractivity (Wildman–Crippen MR) is 129 cm³/mol. The Kier molecular flexibility index (Phi) is 7.06. The van der Waals surface area contributed by atoms with Crippen molar-refractivity contribution in [3.05, 3.63) is 59.9 Å². The molecule has 1 amide bonds. The fourth-order valence-corrected chi connectivity index (χ4v) is 4.72. The van der Waals surface area contributed by atoms with Gasteiger partial charge in [-0.25, -0.2) is 4.98 Å². The number of fused-ring (bicyclic) bond motifs is 1. The maximum Gasteiger partial charge on any atom is 0.227 e. The molecule has 1 fully saturated rings. The monoisotopic (exact) mass is 417 g/mol. The Bertz CT molecular complexity index is 1000. The molecule has 1 aliphatic rings. The number of amides is 1. The molecular weight excluding hydrogens is 382 g/mol. The molecule has 1 saturated heterocycles. The van der Waals surface area contributed by atoms with Gasteiger partial charge in [0.1, 0.15) is 5.82 Å². The highest BCUT2D eigenvalue weighted by Gasteiger charge is 2.34. The highest BCUT2D eigenvalue weighted by atomic mass is 16.2. The van der Waals surface area contributed by atoms with Crippen molar-refractivity contribution in [3.63, 3.8) is 0 Å². The number of benzene rings is 2. The van der Waals surface area contributed by atoms with E-state index in [-0.39, 0.29) is 11.8 Å². The molecule has 4 heteroatoms. The summed E-state index contributed by atoms with van der Waals surface area (Å²) in [5.74, 6) is 1.42. The third-order valence-corrected chi connectivity index (χ3v) is 6.51. The Morgan fingerprint density at radius 1 is 0.935 bits per heavy atom. The van der Waals surface area contributed by atoms with Gasteiger partial charge in [0, 0.05) is 31.1 Å². The Hall–Kier alpha value is -2.62. The minimum absolute atomic E-state index is 0.144. The van der Waals surface area contributed by atoms with E-state index in [1.54, 1.807) is 0 Å². The van der Waals surface area contributed by atoms with Crippen LogP contribution in [0.25, 0.3) is 11.0 Å². The van der Waals surface area contributed by atoms with Crippen LogP contribution in [-0.4, -0.2) is 22.0 Å². The molecule has 4 rings (SSSR count). The first-order valence-electron chi connectivity index (χ1n) is 12.0. The van der Waals surface area contributed by atoms with Crippen molar-refractivity contribution in [3.8, 4) is 0 Å². The number of nitrogens with zero attached hydrogens (tertiary/aromatic N) is 3. The molecule has 0 N–H and O–H groups in total. The molecule has 2 heterocycles. The summed E-state index contributed by atoms with van der Waals surface area (Å²) in [6, 6.07) is 16.7. The van der Waals surface area contributed by atoms with E-state index in [1.165, 1.54) is 56.0 Å². The third-order valence-electron chi connectivity index (χ3n) is 6.51. The van der Waals surface area contributed by atoms with Crippen LogP contribution in [0.15, 0.2) is 48.5 Å². The molecule has 0 radical (unpaired) electrons. The lowest BCUT2D eigenvalue weighted by Crippen LogP contribution is -2.24. The van der Waals surface area contributed by atoms with Crippen LogP contribution in [0.4, 0.5) is 5.69 Å². The average molecular weight is 418 g/mol. The van der Waals surface area contributed by atoms with Crippen LogP contribution < -0.4 is 4.90 Å². The topological polar surface area (TPSA) is 38.1 Å². The lowest BCUT2D eigenvalue weighted by Gasteiger charge is -2.17. The second-order valence-corrected chi connectivity index (χ2v) is 8.97. The van der Waals surface area contributed by atoms with Crippen molar-refractivity contribution in [2.24, 2.45) is 0 Å². The average Bonchev–Trinajstić information content (AvgIpc) is 3.34. The molecule has 0 aliphatic carbocycles. The number of anilines is 1. The molecule has 2 aromatic carbocycles. The van der Waals surface area contributed by atoms with Gasteiger partial charge in [0.05, 0.1) is 11.0 Å². The standard InChI is InChI=1S/C27H35N3O/c1-3-4-5-6-7-8-11-18-29-25-13-10-9-12-24(25)28-27(29)22-19-26(31)30(20-22)23-16-14-21(2)15-17-23/h9-10,12-17,22H,3-8,11,18-20H2,1-2H3/t22-/m0/s1. The predicted octanol–water partition coefficient (Wildman–Crippen LogP) is 6.62. The van der Waals surface area contributed by atoms with Gasteiger partial charge in [0.25, 0.3) is 0 Å². The Morgan fingerprint density at radius 2 is 1.65 bits per heavy atom. The summed E-state index contributed by atoms with van der Waals surface area (Å²) in [6.07, 6.45) is 9.62. The fourth-order valence-electron chi connectivity index (χ4n) is 4.72. The number of carbonyl (C=O) groups is 1. The van der Waals surface area contributed by atoms with Crippen LogP contribution in [0.2, 0.25) is 0 Å².